The molecule has 0 aromatic heterocycles. The van der Waals surface area contributed by atoms with Gasteiger partial charge in [0.2, 0.25) is 0 Å². The van der Waals surface area contributed by atoms with Crippen LogP contribution in [-0.4, -0.2) is 25.7 Å². The summed E-state index contributed by atoms with van der Waals surface area (Å²) in [4.78, 5) is 0. The van der Waals surface area contributed by atoms with E-state index >= 15 is 0 Å². The predicted octanol–water partition coefficient (Wildman–Crippen LogP) is 2.54. The molecule has 1 fully saturated rings. The van der Waals surface area contributed by atoms with Crippen LogP contribution in [0, 0.1) is 11.3 Å². The molecule has 2 rings (SSSR count). The molecule has 1 aromatic carbocycles. The quantitative estimate of drug-likeness (QED) is 0.663. The van der Waals surface area contributed by atoms with Gasteiger partial charge >= 0.3 is 0 Å². The summed E-state index contributed by atoms with van der Waals surface area (Å²) in [6.45, 7) is 2.37. The van der Waals surface area contributed by atoms with Crippen molar-refractivity contribution in [1.82, 2.24) is 0 Å². The fraction of sp³-hybridized carbons (Fsp3) is 0.462. The van der Waals surface area contributed by atoms with Crippen molar-refractivity contribution in [3.8, 4) is 5.75 Å². The van der Waals surface area contributed by atoms with Gasteiger partial charge in [0.1, 0.15) is 11.6 Å². The number of rotatable bonds is 4. The van der Waals surface area contributed by atoms with Crippen LogP contribution in [0.3, 0.4) is 0 Å². The fourth-order valence-corrected chi connectivity index (χ4v) is 2.40. The standard InChI is InChI=1S/C13H17BrN2O2/c14-11-7-10(13(15)16)1-2-12(11)18-8-9-3-5-17-6-4-9/h1-2,7,9H,3-6,8H2,(H3,15,16). The number of benzene rings is 1. The maximum atomic E-state index is 7.37. The van der Waals surface area contributed by atoms with Gasteiger partial charge in [-0.15, -0.1) is 0 Å². The first-order valence-corrected chi connectivity index (χ1v) is 6.80. The van der Waals surface area contributed by atoms with E-state index in [-0.39, 0.29) is 5.84 Å². The Morgan fingerprint density at radius 1 is 1.44 bits per heavy atom. The van der Waals surface area contributed by atoms with Crippen molar-refractivity contribution in [2.24, 2.45) is 11.7 Å². The Hall–Kier alpha value is -1.07. The maximum Gasteiger partial charge on any atom is 0.133 e. The first kappa shape index (κ1) is 13.4. The molecule has 0 spiro atoms. The van der Waals surface area contributed by atoms with E-state index in [4.69, 9.17) is 20.6 Å². The summed E-state index contributed by atoms with van der Waals surface area (Å²) in [6.07, 6.45) is 2.12. The van der Waals surface area contributed by atoms with Gasteiger partial charge in [0.25, 0.3) is 0 Å². The molecular formula is C13H17BrN2O2. The topological polar surface area (TPSA) is 68.3 Å². The molecule has 3 N–H and O–H groups in total. The van der Waals surface area contributed by atoms with E-state index in [1.807, 2.05) is 12.1 Å². The Balaban J connectivity index is 1.94. The molecule has 1 aromatic rings. The van der Waals surface area contributed by atoms with E-state index in [9.17, 15) is 0 Å². The second-order valence-corrected chi connectivity index (χ2v) is 5.28. The van der Waals surface area contributed by atoms with Gasteiger partial charge in [0.05, 0.1) is 11.1 Å². The zero-order chi connectivity index (χ0) is 13.0. The molecule has 1 saturated heterocycles. The van der Waals surface area contributed by atoms with Crippen molar-refractivity contribution in [1.29, 1.82) is 5.41 Å². The van der Waals surface area contributed by atoms with Crippen LogP contribution in [0.4, 0.5) is 0 Å². The molecule has 0 unspecified atom stereocenters. The number of nitrogens with two attached hydrogens (primary N) is 1. The minimum absolute atomic E-state index is 0.0617. The van der Waals surface area contributed by atoms with Crippen LogP contribution in [0.2, 0.25) is 0 Å². The molecule has 0 radical (unpaired) electrons. The zero-order valence-electron chi connectivity index (χ0n) is 10.1. The molecular weight excluding hydrogens is 296 g/mol. The summed E-state index contributed by atoms with van der Waals surface area (Å²) in [5.41, 5.74) is 6.13. The summed E-state index contributed by atoms with van der Waals surface area (Å²) < 4.78 is 11.9. The van der Waals surface area contributed by atoms with Crippen LogP contribution in [-0.2, 0) is 4.74 Å². The Morgan fingerprint density at radius 3 is 2.78 bits per heavy atom. The molecule has 98 valence electrons. The number of nitrogens with one attached hydrogen (secondary N) is 1. The lowest BCUT2D eigenvalue weighted by molar-refractivity contribution is 0.0496. The van der Waals surface area contributed by atoms with Crippen LogP contribution >= 0.6 is 15.9 Å². The van der Waals surface area contributed by atoms with Gasteiger partial charge in [-0.05, 0) is 52.9 Å². The minimum atomic E-state index is 0.0617. The third kappa shape index (κ3) is 3.46. The van der Waals surface area contributed by atoms with Crippen molar-refractivity contribution in [2.75, 3.05) is 19.8 Å². The van der Waals surface area contributed by atoms with E-state index < -0.39 is 0 Å². The van der Waals surface area contributed by atoms with Gasteiger partial charge < -0.3 is 15.2 Å². The highest BCUT2D eigenvalue weighted by Crippen LogP contribution is 2.27. The van der Waals surface area contributed by atoms with Crippen molar-refractivity contribution in [3.63, 3.8) is 0 Å². The normalized spacial score (nSPS) is 16.5. The molecule has 0 saturated carbocycles. The lowest BCUT2D eigenvalue weighted by atomic mass is 10.0. The molecule has 0 bridgehead atoms. The van der Waals surface area contributed by atoms with E-state index in [1.54, 1.807) is 6.07 Å². The van der Waals surface area contributed by atoms with Gasteiger partial charge in [-0.25, -0.2) is 0 Å². The second kappa shape index (κ2) is 6.20. The van der Waals surface area contributed by atoms with E-state index in [1.165, 1.54) is 0 Å². The molecule has 1 aliphatic heterocycles. The largest absolute Gasteiger partial charge is 0.492 e. The Kier molecular flexibility index (Phi) is 4.60. The van der Waals surface area contributed by atoms with Gasteiger partial charge in [0, 0.05) is 18.8 Å². The van der Waals surface area contributed by atoms with Crippen molar-refractivity contribution < 1.29 is 9.47 Å². The summed E-state index contributed by atoms with van der Waals surface area (Å²) in [5, 5.41) is 7.37. The summed E-state index contributed by atoms with van der Waals surface area (Å²) >= 11 is 3.44. The Bertz CT molecular complexity index is 431. The number of nitrogen functional groups attached to an aromatic ring is 1. The van der Waals surface area contributed by atoms with Crippen LogP contribution in [0.1, 0.15) is 18.4 Å². The summed E-state index contributed by atoms with van der Waals surface area (Å²) in [5.74, 6) is 1.43. The highest BCUT2D eigenvalue weighted by molar-refractivity contribution is 9.10. The Morgan fingerprint density at radius 2 is 2.17 bits per heavy atom. The molecule has 5 heteroatoms. The van der Waals surface area contributed by atoms with Gasteiger partial charge in [0.15, 0.2) is 0 Å². The highest BCUT2D eigenvalue weighted by Gasteiger charge is 2.15. The smallest absolute Gasteiger partial charge is 0.133 e. The molecule has 0 atom stereocenters. The number of halogens is 1. The van der Waals surface area contributed by atoms with Gasteiger partial charge in [-0.3, -0.25) is 5.41 Å². The van der Waals surface area contributed by atoms with Gasteiger partial charge in [-0.1, -0.05) is 0 Å². The van der Waals surface area contributed by atoms with Crippen LogP contribution in [0.25, 0.3) is 0 Å². The molecule has 0 aliphatic carbocycles. The lowest BCUT2D eigenvalue weighted by Crippen LogP contribution is -2.21. The number of amidine groups is 1. The van der Waals surface area contributed by atoms with E-state index in [0.29, 0.717) is 18.1 Å². The molecule has 18 heavy (non-hydrogen) atoms. The number of ether oxygens (including phenoxy) is 2. The molecule has 1 heterocycles. The first-order valence-electron chi connectivity index (χ1n) is 6.01. The number of hydrogen-bond acceptors (Lipinski definition) is 3. The van der Waals surface area contributed by atoms with Crippen molar-refractivity contribution in [3.05, 3.63) is 28.2 Å². The Labute approximate surface area is 115 Å². The SMILES string of the molecule is N=C(N)c1ccc(OCC2CCOCC2)c(Br)c1. The second-order valence-electron chi connectivity index (χ2n) is 4.43. The maximum absolute atomic E-state index is 7.37. The van der Waals surface area contributed by atoms with Crippen molar-refractivity contribution >= 4 is 21.8 Å². The summed E-state index contributed by atoms with van der Waals surface area (Å²) in [6, 6.07) is 5.45. The lowest BCUT2D eigenvalue weighted by Gasteiger charge is -2.22. The average Bonchev–Trinajstić information content (AvgIpc) is 2.38. The monoisotopic (exact) mass is 312 g/mol. The molecule has 0 amide bonds. The van der Waals surface area contributed by atoms with Crippen LogP contribution < -0.4 is 10.5 Å². The van der Waals surface area contributed by atoms with Gasteiger partial charge in [-0.2, -0.15) is 0 Å². The highest BCUT2D eigenvalue weighted by atomic mass is 79.9. The molecule has 1 aliphatic rings. The van der Waals surface area contributed by atoms with E-state index in [0.717, 1.165) is 36.3 Å². The van der Waals surface area contributed by atoms with Crippen LogP contribution in [0.5, 0.6) is 5.75 Å². The van der Waals surface area contributed by atoms with E-state index in [2.05, 4.69) is 15.9 Å². The zero-order valence-corrected chi connectivity index (χ0v) is 11.7. The fourth-order valence-electron chi connectivity index (χ4n) is 1.91. The first-order chi connectivity index (χ1) is 8.66. The third-order valence-corrected chi connectivity index (χ3v) is 3.68. The average molecular weight is 313 g/mol. The van der Waals surface area contributed by atoms with Crippen molar-refractivity contribution in [2.45, 2.75) is 12.8 Å². The van der Waals surface area contributed by atoms with Crippen LogP contribution in [0.15, 0.2) is 22.7 Å². The molecule has 4 nitrogen and oxygen atoms in total. The summed E-state index contributed by atoms with van der Waals surface area (Å²) in [7, 11) is 0. The minimum Gasteiger partial charge on any atom is -0.492 e. The third-order valence-electron chi connectivity index (χ3n) is 3.06. The predicted molar refractivity (Wildman–Crippen MR) is 74.2 cm³/mol. The number of hydrogen-bond donors (Lipinski definition) is 2.